The maximum absolute atomic E-state index is 12.1. The first kappa shape index (κ1) is 14.6. The standard InChI is InChI=1S/C17H13N3O3/c1-10-6-2-5-9-13(10)18-17(23)20-19-14-15(21)11-7-3-4-8-12(11)16(14)22/h2-9H,1H3,(H2,18,20,23). The van der Waals surface area contributed by atoms with Crippen molar-refractivity contribution in [3.8, 4) is 0 Å². The van der Waals surface area contributed by atoms with Crippen LogP contribution in [0.3, 0.4) is 0 Å². The van der Waals surface area contributed by atoms with Crippen molar-refractivity contribution in [1.29, 1.82) is 0 Å². The summed E-state index contributed by atoms with van der Waals surface area (Å²) in [6, 6.07) is 13.1. The molecule has 0 unspecified atom stereocenters. The van der Waals surface area contributed by atoms with Gasteiger partial charge in [0.2, 0.25) is 10.9 Å². The van der Waals surface area contributed by atoms with Crippen LogP contribution in [0.1, 0.15) is 5.56 Å². The summed E-state index contributed by atoms with van der Waals surface area (Å²) in [5, 5.41) is 6.61. The molecule has 0 saturated heterocycles. The summed E-state index contributed by atoms with van der Waals surface area (Å²) in [5.74, 6) is 0. The number of hydrogen-bond donors (Lipinski definition) is 2. The molecule has 0 heterocycles. The van der Waals surface area contributed by atoms with E-state index in [1.54, 1.807) is 36.4 Å². The van der Waals surface area contributed by atoms with Gasteiger partial charge in [0.25, 0.3) is 0 Å². The summed E-state index contributed by atoms with van der Waals surface area (Å²) in [4.78, 5) is 36.1. The van der Waals surface area contributed by atoms with Gasteiger partial charge in [-0.05, 0) is 18.6 Å². The summed E-state index contributed by atoms with van der Waals surface area (Å²) in [6.07, 6.45) is 0. The molecule has 3 aromatic carbocycles. The van der Waals surface area contributed by atoms with Gasteiger partial charge in [-0.2, -0.15) is 5.10 Å². The molecule has 3 rings (SSSR count). The maximum Gasteiger partial charge on any atom is 0.339 e. The Balaban J connectivity index is 1.89. The van der Waals surface area contributed by atoms with E-state index in [2.05, 4.69) is 15.8 Å². The number of urea groups is 1. The topological polar surface area (TPSA) is 87.6 Å². The second-order valence-corrected chi connectivity index (χ2v) is 5.05. The lowest BCUT2D eigenvalue weighted by molar-refractivity contribution is 0.252. The van der Waals surface area contributed by atoms with Gasteiger partial charge in [0, 0.05) is 16.5 Å². The van der Waals surface area contributed by atoms with Crippen molar-refractivity contribution in [2.75, 3.05) is 5.32 Å². The van der Waals surface area contributed by atoms with Gasteiger partial charge in [0.05, 0.1) is 0 Å². The maximum atomic E-state index is 12.1. The second-order valence-electron chi connectivity index (χ2n) is 5.05. The van der Waals surface area contributed by atoms with Crippen molar-refractivity contribution in [2.24, 2.45) is 5.10 Å². The first-order valence-electron chi connectivity index (χ1n) is 6.96. The highest BCUT2D eigenvalue weighted by Gasteiger charge is 2.10. The number of hydrogen-bond acceptors (Lipinski definition) is 4. The molecule has 0 aliphatic heterocycles. The van der Waals surface area contributed by atoms with E-state index in [9.17, 15) is 14.4 Å². The van der Waals surface area contributed by atoms with Crippen molar-refractivity contribution in [2.45, 2.75) is 6.92 Å². The third-order valence-corrected chi connectivity index (χ3v) is 3.51. The van der Waals surface area contributed by atoms with Crippen LogP contribution in [0.2, 0.25) is 0 Å². The Kier molecular flexibility index (Phi) is 3.72. The van der Waals surface area contributed by atoms with Gasteiger partial charge in [-0.25, -0.2) is 10.2 Å². The zero-order valence-corrected chi connectivity index (χ0v) is 12.3. The number of benzene rings is 2. The van der Waals surface area contributed by atoms with Gasteiger partial charge in [-0.1, -0.05) is 42.5 Å². The highest BCUT2D eigenvalue weighted by atomic mass is 16.2. The highest BCUT2D eigenvalue weighted by Crippen LogP contribution is 2.12. The fourth-order valence-electron chi connectivity index (χ4n) is 2.31. The second kappa shape index (κ2) is 5.84. The third-order valence-electron chi connectivity index (χ3n) is 3.51. The van der Waals surface area contributed by atoms with E-state index in [1.807, 2.05) is 19.1 Å². The molecule has 2 amide bonds. The number of para-hydroxylation sites is 1. The summed E-state index contributed by atoms with van der Waals surface area (Å²) in [6.45, 7) is 1.85. The molecular formula is C17H13N3O3. The number of carbonyl (C=O) groups excluding carboxylic acids is 1. The van der Waals surface area contributed by atoms with Crippen molar-refractivity contribution in [1.82, 2.24) is 5.43 Å². The zero-order valence-electron chi connectivity index (χ0n) is 12.3. The van der Waals surface area contributed by atoms with Crippen LogP contribution in [0.4, 0.5) is 10.5 Å². The zero-order chi connectivity index (χ0) is 16.4. The fraction of sp³-hybridized carbons (Fsp3) is 0.0588. The van der Waals surface area contributed by atoms with Gasteiger partial charge < -0.3 is 5.32 Å². The normalized spacial score (nSPS) is 10.5. The molecule has 6 nitrogen and oxygen atoms in total. The van der Waals surface area contributed by atoms with Crippen molar-refractivity contribution < 1.29 is 4.79 Å². The van der Waals surface area contributed by atoms with Gasteiger partial charge in [0.15, 0.2) is 5.36 Å². The molecule has 0 atom stereocenters. The summed E-state index contributed by atoms with van der Waals surface area (Å²) >= 11 is 0. The lowest BCUT2D eigenvalue weighted by atomic mass is 10.2. The minimum atomic E-state index is -0.622. The van der Waals surface area contributed by atoms with Crippen molar-refractivity contribution >= 4 is 22.5 Å². The Morgan fingerprint density at radius 1 is 0.913 bits per heavy atom. The van der Waals surface area contributed by atoms with Crippen molar-refractivity contribution in [3.05, 3.63) is 79.9 Å². The molecule has 114 valence electrons. The lowest BCUT2D eigenvalue weighted by Gasteiger charge is -2.06. The van der Waals surface area contributed by atoms with E-state index in [1.165, 1.54) is 0 Å². The van der Waals surface area contributed by atoms with E-state index >= 15 is 0 Å². The first-order valence-corrected chi connectivity index (χ1v) is 6.96. The quantitative estimate of drug-likeness (QED) is 0.701. The van der Waals surface area contributed by atoms with E-state index < -0.39 is 16.9 Å². The summed E-state index contributed by atoms with van der Waals surface area (Å²) < 4.78 is 0. The van der Waals surface area contributed by atoms with E-state index in [-0.39, 0.29) is 5.36 Å². The van der Waals surface area contributed by atoms with Crippen LogP contribution in [0.5, 0.6) is 0 Å². The molecule has 0 radical (unpaired) electrons. The highest BCUT2D eigenvalue weighted by molar-refractivity contribution is 5.89. The Hall–Kier alpha value is -3.28. The molecule has 0 bridgehead atoms. The molecule has 2 N–H and O–H groups in total. The van der Waals surface area contributed by atoms with Crippen LogP contribution < -0.4 is 27.0 Å². The van der Waals surface area contributed by atoms with Gasteiger partial charge in [0.1, 0.15) is 0 Å². The molecule has 3 aromatic rings. The average molecular weight is 307 g/mol. The molecule has 6 heteroatoms. The first-order chi connectivity index (χ1) is 11.1. The average Bonchev–Trinajstić information content (AvgIpc) is 2.80. The Morgan fingerprint density at radius 3 is 2.09 bits per heavy atom. The van der Waals surface area contributed by atoms with Crippen LogP contribution in [-0.4, -0.2) is 6.03 Å². The Labute approximate surface area is 130 Å². The molecule has 0 aliphatic rings. The number of nitrogens with one attached hydrogen (secondary N) is 2. The minimum absolute atomic E-state index is 0.286. The molecule has 0 saturated carbocycles. The largest absolute Gasteiger partial charge is 0.339 e. The predicted octanol–water partition coefficient (Wildman–Crippen LogP) is 1.38. The monoisotopic (exact) mass is 307 g/mol. The minimum Gasteiger partial charge on any atom is -0.306 e. The number of nitrogens with zero attached hydrogens (tertiary/aromatic N) is 1. The Bertz CT molecular complexity index is 997. The van der Waals surface area contributed by atoms with Gasteiger partial charge >= 0.3 is 6.03 Å². The number of fused-ring (bicyclic) bond motifs is 1. The summed E-state index contributed by atoms with van der Waals surface area (Å²) in [7, 11) is 0. The number of rotatable bonds is 2. The molecule has 0 fully saturated rings. The van der Waals surface area contributed by atoms with Gasteiger partial charge in [-0.3, -0.25) is 9.59 Å². The molecule has 0 aromatic heterocycles. The van der Waals surface area contributed by atoms with Crippen LogP contribution in [0.25, 0.3) is 10.8 Å². The van der Waals surface area contributed by atoms with Crippen LogP contribution in [0.15, 0.2) is 63.2 Å². The fourth-order valence-corrected chi connectivity index (χ4v) is 2.31. The molecule has 23 heavy (non-hydrogen) atoms. The van der Waals surface area contributed by atoms with E-state index in [0.29, 0.717) is 16.5 Å². The van der Waals surface area contributed by atoms with Gasteiger partial charge in [-0.15, -0.1) is 0 Å². The SMILES string of the molecule is Cc1ccccc1NC(=O)NN=c1c(=O)c2ccccc2c1=O. The van der Waals surface area contributed by atoms with Crippen LogP contribution in [-0.2, 0) is 0 Å². The molecule has 0 aliphatic carbocycles. The van der Waals surface area contributed by atoms with E-state index in [0.717, 1.165) is 5.56 Å². The lowest BCUT2D eigenvalue weighted by Crippen LogP contribution is -2.36. The Morgan fingerprint density at radius 2 is 1.48 bits per heavy atom. The number of amides is 2. The van der Waals surface area contributed by atoms with Crippen molar-refractivity contribution in [3.63, 3.8) is 0 Å². The van der Waals surface area contributed by atoms with Crippen LogP contribution >= 0.6 is 0 Å². The number of aryl methyl sites for hydroxylation is 1. The number of anilines is 1. The number of carbonyl (C=O) groups is 1. The van der Waals surface area contributed by atoms with Crippen LogP contribution in [0, 0.1) is 6.92 Å². The van der Waals surface area contributed by atoms with E-state index in [4.69, 9.17) is 0 Å². The third kappa shape index (κ3) is 2.74. The smallest absolute Gasteiger partial charge is 0.306 e. The molecule has 0 spiro atoms. The predicted molar refractivity (Wildman–Crippen MR) is 87.8 cm³/mol. The summed E-state index contributed by atoms with van der Waals surface area (Å²) in [5.41, 5.74) is 2.73. The molecular weight excluding hydrogens is 294 g/mol.